The lowest BCUT2D eigenvalue weighted by molar-refractivity contribution is -0.303. The summed E-state index contributed by atoms with van der Waals surface area (Å²) in [6.45, 7) is 12.1. The molecular weight excluding hydrogens is 452 g/mol. The predicted octanol–water partition coefficient (Wildman–Crippen LogP) is 3.53. The molecule has 4 unspecified atom stereocenters. The van der Waals surface area contributed by atoms with Crippen LogP contribution in [0.3, 0.4) is 0 Å². The molecule has 2 saturated carbocycles. The summed E-state index contributed by atoms with van der Waals surface area (Å²) in [4.78, 5) is 39.0. The molecule has 1 spiro atoms. The van der Waals surface area contributed by atoms with Crippen LogP contribution >= 0.6 is 0 Å². The van der Waals surface area contributed by atoms with Crippen LogP contribution in [0.15, 0.2) is 35.2 Å². The molecule has 8 nitrogen and oxygen atoms in total. The second-order valence-corrected chi connectivity index (χ2v) is 11.7. The Morgan fingerprint density at radius 1 is 1.26 bits per heavy atom. The molecule has 2 saturated heterocycles. The van der Waals surface area contributed by atoms with Crippen LogP contribution in [0.25, 0.3) is 0 Å². The van der Waals surface area contributed by atoms with Crippen molar-refractivity contribution in [2.24, 2.45) is 28.1 Å². The van der Waals surface area contributed by atoms with Crippen molar-refractivity contribution in [1.29, 1.82) is 0 Å². The molecule has 4 aliphatic rings. The van der Waals surface area contributed by atoms with E-state index in [0.717, 1.165) is 11.1 Å². The first-order valence-corrected chi connectivity index (χ1v) is 12.2. The Hall–Kier alpha value is -2.45. The number of cyclic esters (lactones) is 1. The fourth-order valence-corrected chi connectivity index (χ4v) is 8.08. The van der Waals surface area contributed by atoms with Gasteiger partial charge in [-0.2, -0.15) is 0 Å². The highest BCUT2D eigenvalue weighted by Crippen LogP contribution is 2.71. The Morgan fingerprint density at radius 3 is 2.60 bits per heavy atom. The van der Waals surface area contributed by atoms with Gasteiger partial charge in [-0.25, -0.2) is 4.79 Å². The maximum Gasteiger partial charge on any atom is 0.335 e. The van der Waals surface area contributed by atoms with Gasteiger partial charge in [-0.3, -0.25) is 9.59 Å². The molecule has 0 aromatic carbocycles. The lowest BCUT2D eigenvalue weighted by Gasteiger charge is -2.70. The Bertz CT molecular complexity index is 1090. The molecule has 2 aliphatic carbocycles. The summed E-state index contributed by atoms with van der Waals surface area (Å²) in [6.07, 6.45) is 1.91. The average molecular weight is 487 g/mol. The molecule has 35 heavy (non-hydrogen) atoms. The highest BCUT2D eigenvalue weighted by Gasteiger charge is 2.74. The normalized spacial score (nSPS) is 43.0. The molecule has 8 atom stereocenters. The van der Waals surface area contributed by atoms with Crippen molar-refractivity contribution in [2.45, 2.75) is 77.3 Å². The molecule has 8 heteroatoms. The maximum atomic E-state index is 13.4. The first-order valence-electron chi connectivity index (χ1n) is 12.2. The number of carbonyl (C=O) groups is 3. The van der Waals surface area contributed by atoms with Crippen molar-refractivity contribution in [3.05, 3.63) is 36.3 Å². The van der Waals surface area contributed by atoms with E-state index in [1.165, 1.54) is 7.11 Å². The van der Waals surface area contributed by atoms with Gasteiger partial charge < -0.3 is 23.7 Å². The summed E-state index contributed by atoms with van der Waals surface area (Å²) < 4.78 is 23.0. The number of rotatable bonds is 3. The van der Waals surface area contributed by atoms with Crippen LogP contribution in [0.1, 0.15) is 65.0 Å². The van der Waals surface area contributed by atoms with Crippen molar-refractivity contribution in [2.75, 3.05) is 7.11 Å². The molecule has 0 amide bonds. The van der Waals surface area contributed by atoms with Crippen molar-refractivity contribution >= 4 is 17.7 Å². The number of fused-ring (bicyclic) bond motifs is 3. The molecule has 1 aromatic heterocycles. The molecule has 1 N–H and O–H groups in total. The number of furan rings is 1. The molecule has 5 rings (SSSR count). The van der Waals surface area contributed by atoms with Gasteiger partial charge in [-0.1, -0.05) is 34.3 Å². The number of esters is 2. The van der Waals surface area contributed by atoms with E-state index in [9.17, 15) is 19.5 Å². The van der Waals surface area contributed by atoms with Gasteiger partial charge in [-0.05, 0) is 30.4 Å². The third-order valence-electron chi connectivity index (χ3n) is 9.96. The first kappa shape index (κ1) is 24.3. The minimum atomic E-state index is -1.50. The number of ketones is 1. The number of hydrogen-bond acceptors (Lipinski definition) is 8. The molecule has 2 bridgehead atoms. The predicted molar refractivity (Wildman–Crippen MR) is 123 cm³/mol. The summed E-state index contributed by atoms with van der Waals surface area (Å²) in [7, 11) is 1.23. The van der Waals surface area contributed by atoms with Crippen LogP contribution in [0.2, 0.25) is 0 Å². The number of aliphatic hydroxyl groups excluding tert-OH is 1. The van der Waals surface area contributed by atoms with Gasteiger partial charge >= 0.3 is 11.9 Å². The van der Waals surface area contributed by atoms with Gasteiger partial charge in [-0.15, -0.1) is 0 Å². The number of carbonyl (C=O) groups excluding carboxylic acids is 3. The lowest BCUT2D eigenvalue weighted by atomic mass is 9.41. The van der Waals surface area contributed by atoms with E-state index in [1.54, 1.807) is 32.4 Å². The standard InChI is InChI=1S/C27H34O8/c1-14-16-7-9-25(4)22(15-8-10-33-13-15)34-19(29)12-27(14,25)35-18-11-17(28)24(2,3)21(26(16,18)5)20(30)23(31)32-6/h8,10,13,16,18,20-22,30H,1,7,9,11-12H2,2-6H3/t16?,18?,20?,21-,22+,25+,26-,27?/m0/s1. The van der Waals surface area contributed by atoms with E-state index in [4.69, 9.17) is 18.6 Å². The number of ether oxygens (including phenoxy) is 3. The Morgan fingerprint density at radius 2 is 1.97 bits per heavy atom. The van der Waals surface area contributed by atoms with Gasteiger partial charge in [0.25, 0.3) is 0 Å². The number of hydrogen-bond donors (Lipinski definition) is 1. The maximum absolute atomic E-state index is 13.4. The van der Waals surface area contributed by atoms with Crippen LogP contribution in [-0.4, -0.2) is 47.7 Å². The molecule has 4 fully saturated rings. The van der Waals surface area contributed by atoms with Crippen molar-refractivity contribution in [3.63, 3.8) is 0 Å². The summed E-state index contributed by atoms with van der Waals surface area (Å²) in [5.41, 5.74) is -1.92. The van der Waals surface area contributed by atoms with E-state index in [1.807, 2.05) is 6.92 Å². The zero-order chi connectivity index (χ0) is 25.6. The summed E-state index contributed by atoms with van der Waals surface area (Å²) in [5, 5.41) is 11.2. The molecule has 2 aliphatic heterocycles. The SMILES string of the molecule is C=C1C2CC[C@]3(C)[C@@H](c4ccoc4)OC(=O)CC13OC1CC(=O)C(C)(C)[C@H](C(O)C(=O)OC)[C@]12C. The Labute approximate surface area is 205 Å². The van der Waals surface area contributed by atoms with E-state index < -0.39 is 58.0 Å². The van der Waals surface area contributed by atoms with E-state index >= 15 is 0 Å². The summed E-state index contributed by atoms with van der Waals surface area (Å²) >= 11 is 0. The highest BCUT2D eigenvalue weighted by molar-refractivity contribution is 5.88. The molecule has 1 aromatic rings. The van der Waals surface area contributed by atoms with Gasteiger partial charge in [0.2, 0.25) is 0 Å². The second-order valence-electron chi connectivity index (χ2n) is 11.7. The molecule has 190 valence electrons. The van der Waals surface area contributed by atoms with Crippen molar-refractivity contribution in [1.82, 2.24) is 0 Å². The Kier molecular flexibility index (Phi) is 5.22. The smallest absolute Gasteiger partial charge is 0.335 e. The third-order valence-corrected chi connectivity index (χ3v) is 9.96. The zero-order valence-corrected chi connectivity index (χ0v) is 21.0. The van der Waals surface area contributed by atoms with E-state index in [0.29, 0.717) is 12.8 Å². The number of aliphatic hydroxyl groups is 1. The van der Waals surface area contributed by atoms with E-state index in [2.05, 4.69) is 13.5 Å². The van der Waals surface area contributed by atoms with Crippen LogP contribution in [0.4, 0.5) is 0 Å². The zero-order valence-electron chi connectivity index (χ0n) is 21.0. The number of Topliss-reactive ketones (excluding diaryl/α,β-unsaturated/α-hetero) is 1. The van der Waals surface area contributed by atoms with Crippen LogP contribution in [0.5, 0.6) is 0 Å². The van der Waals surface area contributed by atoms with Gasteiger partial charge in [0, 0.05) is 34.1 Å². The number of methoxy groups -OCH3 is 1. The average Bonchev–Trinajstić information content (AvgIpc) is 3.32. The first-order chi connectivity index (χ1) is 16.3. The largest absolute Gasteiger partial charge is 0.472 e. The molecule has 0 radical (unpaired) electrons. The molecular formula is C27H34O8. The lowest BCUT2D eigenvalue weighted by Crippen LogP contribution is -2.74. The minimum absolute atomic E-state index is 0.00156. The Balaban J connectivity index is 1.65. The third kappa shape index (κ3) is 2.90. The second kappa shape index (κ2) is 7.53. The van der Waals surface area contributed by atoms with Crippen molar-refractivity contribution < 1.29 is 38.1 Å². The fraction of sp³-hybridized carbons (Fsp3) is 0.667. The van der Waals surface area contributed by atoms with Crippen molar-refractivity contribution in [3.8, 4) is 0 Å². The van der Waals surface area contributed by atoms with Crippen LogP contribution in [-0.2, 0) is 28.6 Å². The van der Waals surface area contributed by atoms with Crippen LogP contribution in [0, 0.1) is 28.1 Å². The summed E-state index contributed by atoms with van der Waals surface area (Å²) in [5.74, 6) is -2.20. The van der Waals surface area contributed by atoms with Gasteiger partial charge in [0.15, 0.2) is 6.10 Å². The minimum Gasteiger partial charge on any atom is -0.472 e. The molecule has 3 heterocycles. The highest BCUT2D eigenvalue weighted by atomic mass is 16.6. The quantitative estimate of drug-likeness (QED) is 0.510. The van der Waals surface area contributed by atoms with Crippen LogP contribution < -0.4 is 0 Å². The monoisotopic (exact) mass is 486 g/mol. The van der Waals surface area contributed by atoms with E-state index in [-0.39, 0.29) is 24.5 Å². The van der Waals surface area contributed by atoms with Gasteiger partial charge in [0.05, 0.1) is 32.2 Å². The topological polar surface area (TPSA) is 112 Å². The fourth-order valence-electron chi connectivity index (χ4n) is 8.08. The summed E-state index contributed by atoms with van der Waals surface area (Å²) in [6, 6.07) is 1.79. The van der Waals surface area contributed by atoms with Gasteiger partial charge in [0.1, 0.15) is 17.5 Å².